The summed E-state index contributed by atoms with van der Waals surface area (Å²) < 4.78 is 18.7. The van der Waals surface area contributed by atoms with E-state index < -0.39 is 11.9 Å². The van der Waals surface area contributed by atoms with Gasteiger partial charge in [0.05, 0.1) is 30.7 Å². The van der Waals surface area contributed by atoms with Crippen LogP contribution in [0.15, 0.2) is 24.5 Å². The second-order valence-electron chi connectivity index (χ2n) is 5.75. The average molecular weight is 371 g/mol. The number of pyridine rings is 2. The zero-order valence-corrected chi connectivity index (χ0v) is 14.9. The Balaban J connectivity index is 2.08. The lowest BCUT2D eigenvalue weighted by molar-refractivity contribution is 0.199. The lowest BCUT2D eigenvalue weighted by Crippen LogP contribution is -2.06. The molecule has 0 spiro atoms. The highest BCUT2D eigenvalue weighted by Crippen LogP contribution is 2.30. The highest BCUT2D eigenvalue weighted by atomic mass is 19.1. The minimum absolute atomic E-state index is 0.0584. The van der Waals surface area contributed by atoms with Crippen molar-refractivity contribution in [2.24, 2.45) is 0 Å². The van der Waals surface area contributed by atoms with Gasteiger partial charge in [-0.15, -0.1) is 0 Å². The maximum absolute atomic E-state index is 13.9. The first kappa shape index (κ1) is 18.4. The van der Waals surface area contributed by atoms with E-state index in [1.54, 1.807) is 19.9 Å². The van der Waals surface area contributed by atoms with Crippen molar-refractivity contribution in [3.8, 4) is 17.3 Å². The zero-order valence-electron chi connectivity index (χ0n) is 14.9. The molecule has 0 bridgehead atoms. The van der Waals surface area contributed by atoms with E-state index in [4.69, 9.17) is 10.5 Å². The van der Waals surface area contributed by atoms with Crippen LogP contribution in [-0.4, -0.2) is 37.1 Å². The standard InChI is InChI=1S/C17H18FN7O2/c1-8(26)10-4-12(15-22-9(2)23-17(19)25-15)14(20-6-10)24-11-5-13(18)16(27-3)21-7-11/h4-8,26H,1-3H3,(H,20,24)(H2,19,22,23,25)/t8-/m0/s1. The van der Waals surface area contributed by atoms with E-state index in [-0.39, 0.29) is 17.7 Å². The van der Waals surface area contributed by atoms with Gasteiger partial charge in [0, 0.05) is 12.3 Å². The van der Waals surface area contributed by atoms with Gasteiger partial charge in [-0.05, 0) is 25.5 Å². The number of aryl methyl sites for hydroxylation is 1. The predicted molar refractivity (Wildman–Crippen MR) is 96.9 cm³/mol. The molecule has 140 valence electrons. The second-order valence-corrected chi connectivity index (χ2v) is 5.75. The first-order valence-corrected chi connectivity index (χ1v) is 8.00. The van der Waals surface area contributed by atoms with Crippen molar-refractivity contribution in [3.63, 3.8) is 0 Å². The highest BCUT2D eigenvalue weighted by Gasteiger charge is 2.16. The van der Waals surface area contributed by atoms with Gasteiger partial charge in [0.15, 0.2) is 11.6 Å². The third kappa shape index (κ3) is 4.06. The summed E-state index contributed by atoms with van der Waals surface area (Å²) in [5.74, 6) is 0.380. The van der Waals surface area contributed by atoms with Crippen LogP contribution in [0.25, 0.3) is 11.4 Å². The molecular formula is C17H18FN7O2. The number of halogens is 1. The van der Waals surface area contributed by atoms with E-state index >= 15 is 0 Å². The fourth-order valence-corrected chi connectivity index (χ4v) is 2.38. The summed E-state index contributed by atoms with van der Waals surface area (Å²) in [6, 6.07) is 2.91. The Morgan fingerprint density at radius 1 is 1.19 bits per heavy atom. The summed E-state index contributed by atoms with van der Waals surface area (Å²) in [5, 5.41) is 12.8. The minimum Gasteiger partial charge on any atom is -0.479 e. The predicted octanol–water partition coefficient (Wildman–Crippen LogP) is 2.16. The third-order valence-corrected chi connectivity index (χ3v) is 3.66. The van der Waals surface area contributed by atoms with E-state index in [0.717, 1.165) is 0 Å². The summed E-state index contributed by atoms with van der Waals surface area (Å²) in [6.07, 6.45) is 2.16. The van der Waals surface area contributed by atoms with Crippen LogP contribution >= 0.6 is 0 Å². The number of anilines is 3. The quantitative estimate of drug-likeness (QED) is 0.617. The van der Waals surface area contributed by atoms with Crippen LogP contribution < -0.4 is 15.8 Å². The first-order valence-electron chi connectivity index (χ1n) is 8.00. The molecular weight excluding hydrogens is 353 g/mol. The van der Waals surface area contributed by atoms with Crippen molar-refractivity contribution in [3.05, 3.63) is 41.7 Å². The minimum atomic E-state index is -0.745. The van der Waals surface area contributed by atoms with Crippen molar-refractivity contribution < 1.29 is 14.2 Å². The van der Waals surface area contributed by atoms with Crippen molar-refractivity contribution in [2.75, 3.05) is 18.2 Å². The van der Waals surface area contributed by atoms with Crippen molar-refractivity contribution >= 4 is 17.5 Å². The molecule has 0 unspecified atom stereocenters. The molecule has 4 N–H and O–H groups in total. The molecule has 3 rings (SSSR count). The fourth-order valence-electron chi connectivity index (χ4n) is 2.38. The number of aliphatic hydroxyl groups excluding tert-OH is 1. The van der Waals surface area contributed by atoms with Crippen LogP contribution in [-0.2, 0) is 0 Å². The summed E-state index contributed by atoms with van der Waals surface area (Å²) in [4.78, 5) is 20.6. The van der Waals surface area contributed by atoms with Gasteiger partial charge in [-0.3, -0.25) is 0 Å². The van der Waals surface area contributed by atoms with Gasteiger partial charge in [-0.1, -0.05) is 0 Å². The fraction of sp³-hybridized carbons (Fsp3) is 0.235. The number of nitrogens with zero attached hydrogens (tertiary/aromatic N) is 5. The van der Waals surface area contributed by atoms with Crippen LogP contribution in [0.4, 0.5) is 21.8 Å². The first-order chi connectivity index (χ1) is 12.9. The Morgan fingerprint density at radius 2 is 1.96 bits per heavy atom. The number of aliphatic hydroxyl groups is 1. The Bertz CT molecular complexity index is 961. The molecule has 10 heteroatoms. The van der Waals surface area contributed by atoms with Gasteiger partial charge in [-0.25, -0.2) is 19.3 Å². The number of ether oxygens (including phenoxy) is 1. The Hall–Kier alpha value is -3.40. The van der Waals surface area contributed by atoms with Gasteiger partial charge in [0.1, 0.15) is 11.6 Å². The molecule has 0 aliphatic heterocycles. The number of hydrogen-bond acceptors (Lipinski definition) is 9. The summed E-state index contributed by atoms with van der Waals surface area (Å²) in [5.41, 5.74) is 7.11. The molecule has 1 atom stereocenters. The molecule has 0 saturated heterocycles. The molecule has 0 amide bonds. The number of nitrogens with two attached hydrogens (primary N) is 1. The smallest absolute Gasteiger partial charge is 0.250 e. The van der Waals surface area contributed by atoms with Gasteiger partial charge in [0.2, 0.25) is 11.8 Å². The normalized spacial score (nSPS) is 11.9. The molecule has 0 radical (unpaired) electrons. The molecule has 0 fully saturated rings. The number of hydrogen-bond donors (Lipinski definition) is 3. The lowest BCUT2D eigenvalue weighted by Gasteiger charge is -2.14. The second kappa shape index (κ2) is 7.46. The lowest BCUT2D eigenvalue weighted by atomic mass is 10.1. The van der Waals surface area contributed by atoms with Gasteiger partial charge >= 0.3 is 0 Å². The monoisotopic (exact) mass is 371 g/mol. The zero-order chi connectivity index (χ0) is 19.6. The van der Waals surface area contributed by atoms with E-state index in [9.17, 15) is 9.50 Å². The van der Waals surface area contributed by atoms with Crippen LogP contribution in [0.3, 0.4) is 0 Å². The Kier molecular flexibility index (Phi) is 5.08. The molecule has 0 saturated carbocycles. The molecule has 9 nitrogen and oxygen atoms in total. The van der Waals surface area contributed by atoms with E-state index in [2.05, 4.69) is 30.2 Å². The van der Waals surface area contributed by atoms with Crippen LogP contribution in [0, 0.1) is 12.7 Å². The summed E-state index contributed by atoms with van der Waals surface area (Å²) >= 11 is 0. The molecule has 3 aromatic rings. The van der Waals surface area contributed by atoms with Crippen LogP contribution in [0.5, 0.6) is 5.88 Å². The van der Waals surface area contributed by atoms with Crippen LogP contribution in [0.1, 0.15) is 24.4 Å². The van der Waals surface area contributed by atoms with E-state index in [1.807, 2.05) is 0 Å². The van der Waals surface area contributed by atoms with E-state index in [1.165, 1.54) is 25.6 Å². The summed E-state index contributed by atoms with van der Waals surface area (Å²) in [7, 11) is 1.33. The Morgan fingerprint density at radius 3 is 2.59 bits per heavy atom. The van der Waals surface area contributed by atoms with E-state index in [0.29, 0.717) is 28.5 Å². The average Bonchev–Trinajstić information content (AvgIpc) is 2.61. The molecule has 3 heterocycles. The molecule has 0 aliphatic rings. The number of methoxy groups -OCH3 is 1. The molecule has 0 aliphatic carbocycles. The number of rotatable bonds is 5. The van der Waals surface area contributed by atoms with Gasteiger partial charge < -0.3 is 20.9 Å². The number of aromatic nitrogens is 5. The molecule has 0 aromatic carbocycles. The maximum atomic E-state index is 13.9. The molecule has 27 heavy (non-hydrogen) atoms. The van der Waals surface area contributed by atoms with Gasteiger partial charge in [-0.2, -0.15) is 9.97 Å². The number of nitrogens with one attached hydrogen (secondary N) is 1. The highest BCUT2D eigenvalue weighted by molar-refractivity contribution is 5.75. The SMILES string of the molecule is COc1ncc(Nc2ncc([C@H](C)O)cc2-c2nc(C)nc(N)n2)cc1F. The van der Waals surface area contributed by atoms with Crippen molar-refractivity contribution in [2.45, 2.75) is 20.0 Å². The maximum Gasteiger partial charge on any atom is 0.250 e. The van der Waals surface area contributed by atoms with Crippen molar-refractivity contribution in [1.82, 2.24) is 24.9 Å². The topological polar surface area (TPSA) is 132 Å². The number of nitrogen functional groups attached to an aromatic ring is 1. The third-order valence-electron chi connectivity index (χ3n) is 3.66. The largest absolute Gasteiger partial charge is 0.479 e. The molecule has 3 aromatic heterocycles. The Labute approximate surface area is 154 Å². The van der Waals surface area contributed by atoms with Crippen molar-refractivity contribution in [1.29, 1.82) is 0 Å². The van der Waals surface area contributed by atoms with Gasteiger partial charge in [0.25, 0.3) is 0 Å². The summed E-state index contributed by atoms with van der Waals surface area (Å²) in [6.45, 7) is 3.30. The van der Waals surface area contributed by atoms with Crippen LogP contribution in [0.2, 0.25) is 0 Å².